The number of benzene rings is 1. The van der Waals surface area contributed by atoms with Gasteiger partial charge in [0.25, 0.3) is 0 Å². The Kier molecular flexibility index (Phi) is 4.24. The Hall–Kier alpha value is -1.98. The van der Waals surface area contributed by atoms with Crippen molar-refractivity contribution < 1.29 is 23.1 Å². The first-order chi connectivity index (χ1) is 8.66. The van der Waals surface area contributed by atoms with E-state index in [1.807, 2.05) is 0 Å². The molecular formula is C13H15F2NO3. The Labute approximate surface area is 109 Å². The number of hydrogen-bond acceptors (Lipinski definition) is 3. The van der Waals surface area contributed by atoms with E-state index in [-0.39, 0.29) is 5.69 Å². The molecule has 1 amide bonds. The molecule has 0 saturated carbocycles. The number of methoxy groups -OCH3 is 1. The fourth-order valence-corrected chi connectivity index (χ4v) is 1.26. The molecule has 1 rings (SSSR count). The number of hydrogen-bond donors (Lipinski definition) is 1. The second-order valence-electron chi connectivity index (χ2n) is 5.01. The van der Waals surface area contributed by atoms with Crippen LogP contribution in [0.2, 0.25) is 0 Å². The van der Waals surface area contributed by atoms with Gasteiger partial charge in [-0.05, 0) is 12.1 Å². The Balaban J connectivity index is 3.09. The molecule has 6 heteroatoms. The summed E-state index contributed by atoms with van der Waals surface area (Å²) in [5.74, 6) is -3.67. The average molecular weight is 271 g/mol. The average Bonchev–Trinajstić information content (AvgIpc) is 2.26. The summed E-state index contributed by atoms with van der Waals surface area (Å²) < 4.78 is 31.5. The maximum atomic E-state index is 13.6. The quantitative estimate of drug-likeness (QED) is 0.841. The van der Waals surface area contributed by atoms with Crippen LogP contribution in [0.5, 0.6) is 0 Å². The summed E-state index contributed by atoms with van der Waals surface area (Å²) in [5, 5.41) is 2.38. The van der Waals surface area contributed by atoms with E-state index in [1.54, 1.807) is 20.8 Å². The van der Waals surface area contributed by atoms with Crippen LogP contribution in [0.1, 0.15) is 31.1 Å². The van der Waals surface area contributed by atoms with Crippen molar-refractivity contribution in [2.75, 3.05) is 12.4 Å². The van der Waals surface area contributed by atoms with E-state index in [2.05, 4.69) is 10.1 Å². The molecule has 1 N–H and O–H groups in total. The van der Waals surface area contributed by atoms with Gasteiger partial charge >= 0.3 is 5.97 Å². The molecule has 0 unspecified atom stereocenters. The third-order valence-corrected chi connectivity index (χ3v) is 2.37. The van der Waals surface area contributed by atoms with Crippen LogP contribution in [0.4, 0.5) is 14.5 Å². The monoisotopic (exact) mass is 271 g/mol. The van der Waals surface area contributed by atoms with Crippen LogP contribution in [-0.2, 0) is 9.53 Å². The normalized spacial score (nSPS) is 11.1. The SMILES string of the molecule is COC(=O)c1c(F)cc(NC(=O)C(C)(C)C)cc1F. The summed E-state index contributed by atoms with van der Waals surface area (Å²) in [6.45, 7) is 4.99. The van der Waals surface area contributed by atoms with Crippen molar-refractivity contribution in [3.8, 4) is 0 Å². The van der Waals surface area contributed by atoms with Crippen LogP contribution in [0, 0.1) is 17.0 Å². The van der Waals surface area contributed by atoms with Crippen LogP contribution >= 0.6 is 0 Å². The first kappa shape index (κ1) is 15.1. The zero-order valence-corrected chi connectivity index (χ0v) is 11.1. The predicted octanol–water partition coefficient (Wildman–Crippen LogP) is 2.74. The lowest BCUT2D eigenvalue weighted by Gasteiger charge is -2.18. The molecule has 1 aromatic rings. The van der Waals surface area contributed by atoms with Crippen LogP contribution < -0.4 is 5.32 Å². The van der Waals surface area contributed by atoms with Crippen molar-refractivity contribution >= 4 is 17.6 Å². The molecule has 104 valence electrons. The highest BCUT2D eigenvalue weighted by molar-refractivity contribution is 5.95. The van der Waals surface area contributed by atoms with Gasteiger partial charge in [0.05, 0.1) is 7.11 Å². The van der Waals surface area contributed by atoms with Crippen molar-refractivity contribution in [3.63, 3.8) is 0 Å². The molecule has 0 atom stereocenters. The molecule has 0 bridgehead atoms. The zero-order chi connectivity index (χ0) is 14.8. The minimum atomic E-state index is -1.11. The second kappa shape index (κ2) is 5.34. The smallest absolute Gasteiger partial charge is 0.343 e. The molecule has 0 heterocycles. The number of ether oxygens (including phenoxy) is 1. The van der Waals surface area contributed by atoms with E-state index in [4.69, 9.17) is 0 Å². The highest BCUT2D eigenvalue weighted by Crippen LogP contribution is 2.22. The maximum Gasteiger partial charge on any atom is 0.343 e. The third-order valence-electron chi connectivity index (χ3n) is 2.37. The van der Waals surface area contributed by atoms with E-state index in [9.17, 15) is 18.4 Å². The molecule has 0 aliphatic carbocycles. The molecule has 0 spiro atoms. The number of anilines is 1. The van der Waals surface area contributed by atoms with Gasteiger partial charge in [-0.15, -0.1) is 0 Å². The minimum Gasteiger partial charge on any atom is -0.465 e. The van der Waals surface area contributed by atoms with Crippen molar-refractivity contribution in [1.82, 2.24) is 0 Å². The molecule has 0 radical (unpaired) electrons. The van der Waals surface area contributed by atoms with Gasteiger partial charge in [-0.25, -0.2) is 13.6 Å². The Bertz CT molecular complexity index is 498. The van der Waals surface area contributed by atoms with Crippen LogP contribution in [0.3, 0.4) is 0 Å². The van der Waals surface area contributed by atoms with Crippen molar-refractivity contribution in [1.29, 1.82) is 0 Å². The van der Waals surface area contributed by atoms with Crippen LogP contribution in [0.25, 0.3) is 0 Å². The summed E-state index contributed by atoms with van der Waals surface area (Å²) >= 11 is 0. The molecule has 19 heavy (non-hydrogen) atoms. The van der Waals surface area contributed by atoms with Gasteiger partial charge in [-0.3, -0.25) is 4.79 Å². The number of carbonyl (C=O) groups is 2. The predicted molar refractivity (Wildman–Crippen MR) is 65.8 cm³/mol. The van der Waals surface area contributed by atoms with Gasteiger partial charge in [-0.2, -0.15) is 0 Å². The molecule has 0 aliphatic rings. The van der Waals surface area contributed by atoms with Gasteiger partial charge in [-0.1, -0.05) is 20.8 Å². The molecule has 1 aromatic carbocycles. The highest BCUT2D eigenvalue weighted by Gasteiger charge is 2.24. The first-order valence-corrected chi connectivity index (χ1v) is 5.55. The lowest BCUT2D eigenvalue weighted by molar-refractivity contribution is -0.123. The number of halogens is 2. The lowest BCUT2D eigenvalue weighted by Crippen LogP contribution is -2.27. The summed E-state index contributed by atoms with van der Waals surface area (Å²) in [6, 6.07) is 1.75. The summed E-state index contributed by atoms with van der Waals surface area (Å²) in [4.78, 5) is 22.8. The molecule has 4 nitrogen and oxygen atoms in total. The zero-order valence-electron chi connectivity index (χ0n) is 11.1. The van der Waals surface area contributed by atoms with Crippen molar-refractivity contribution in [2.45, 2.75) is 20.8 Å². The first-order valence-electron chi connectivity index (χ1n) is 5.55. The summed E-state index contributed by atoms with van der Waals surface area (Å²) in [6.07, 6.45) is 0. The lowest BCUT2D eigenvalue weighted by atomic mass is 9.95. The van der Waals surface area contributed by atoms with E-state index >= 15 is 0 Å². The van der Waals surface area contributed by atoms with E-state index in [0.717, 1.165) is 19.2 Å². The maximum absolute atomic E-state index is 13.6. The van der Waals surface area contributed by atoms with Gasteiger partial charge in [0, 0.05) is 11.1 Å². The molecule has 0 fully saturated rings. The molecule has 0 aliphatic heterocycles. The van der Waals surface area contributed by atoms with Gasteiger partial charge in [0.2, 0.25) is 5.91 Å². The van der Waals surface area contributed by atoms with Crippen LogP contribution in [-0.4, -0.2) is 19.0 Å². The van der Waals surface area contributed by atoms with E-state index < -0.39 is 34.5 Å². The number of esters is 1. The summed E-state index contributed by atoms with van der Waals surface area (Å²) in [7, 11) is 1.02. The topological polar surface area (TPSA) is 55.4 Å². The fraction of sp³-hybridized carbons (Fsp3) is 0.385. The Morgan fingerprint density at radius 3 is 2.00 bits per heavy atom. The fourth-order valence-electron chi connectivity index (χ4n) is 1.26. The molecule has 0 aromatic heterocycles. The number of nitrogens with one attached hydrogen (secondary N) is 1. The number of rotatable bonds is 2. The van der Waals surface area contributed by atoms with E-state index in [1.165, 1.54) is 0 Å². The Morgan fingerprint density at radius 1 is 1.16 bits per heavy atom. The van der Waals surface area contributed by atoms with Gasteiger partial charge in [0.1, 0.15) is 17.2 Å². The van der Waals surface area contributed by atoms with Gasteiger partial charge in [0.15, 0.2) is 0 Å². The largest absolute Gasteiger partial charge is 0.465 e. The highest BCUT2D eigenvalue weighted by atomic mass is 19.1. The van der Waals surface area contributed by atoms with Gasteiger partial charge < -0.3 is 10.1 Å². The van der Waals surface area contributed by atoms with Crippen LogP contribution in [0.15, 0.2) is 12.1 Å². The van der Waals surface area contributed by atoms with E-state index in [0.29, 0.717) is 0 Å². The van der Waals surface area contributed by atoms with Crippen molar-refractivity contribution in [3.05, 3.63) is 29.3 Å². The van der Waals surface area contributed by atoms with Crippen molar-refractivity contribution in [2.24, 2.45) is 5.41 Å². The summed E-state index contributed by atoms with van der Waals surface area (Å²) in [5.41, 5.74) is -1.53. The molecular weight excluding hydrogens is 256 g/mol. The molecule has 0 saturated heterocycles. The Morgan fingerprint density at radius 2 is 1.63 bits per heavy atom. The standard InChI is InChI=1S/C13H15F2NO3/c1-13(2,3)12(18)16-7-5-8(14)10(9(15)6-7)11(17)19-4/h5-6H,1-4H3,(H,16,18). The third kappa shape index (κ3) is 3.49. The number of amides is 1. The minimum absolute atomic E-state index is 0.0532. The second-order valence-corrected chi connectivity index (χ2v) is 5.01. The number of carbonyl (C=O) groups excluding carboxylic acids is 2.